The Balaban J connectivity index is 2.56. The summed E-state index contributed by atoms with van der Waals surface area (Å²) in [4.78, 5) is 0. The van der Waals surface area contributed by atoms with Crippen molar-refractivity contribution in [2.75, 3.05) is 6.54 Å². The molecule has 1 N–H and O–H groups in total. The molecule has 0 aliphatic rings. The van der Waals surface area contributed by atoms with Crippen LogP contribution >= 0.6 is 15.9 Å². The topological polar surface area (TPSA) is 29.9 Å². The highest BCUT2D eigenvalue weighted by Crippen LogP contribution is 2.26. The lowest BCUT2D eigenvalue weighted by atomic mass is 9.83. The van der Waals surface area contributed by atoms with Crippen LogP contribution in [0.4, 0.5) is 0 Å². The number of rotatable bonds is 7. The van der Waals surface area contributed by atoms with Crippen LogP contribution in [0.5, 0.6) is 0 Å². The lowest BCUT2D eigenvalue weighted by Crippen LogP contribution is -2.40. The molecule has 1 aromatic rings. The van der Waals surface area contributed by atoms with Crippen LogP contribution in [0.15, 0.2) is 4.47 Å². The molecule has 1 heterocycles. The summed E-state index contributed by atoms with van der Waals surface area (Å²) in [6, 6.07) is 0.579. The van der Waals surface area contributed by atoms with Gasteiger partial charge in [0.2, 0.25) is 0 Å². The zero-order valence-corrected chi connectivity index (χ0v) is 15.5. The number of nitrogens with zero attached hydrogens (tertiary/aromatic N) is 2. The fourth-order valence-corrected chi connectivity index (χ4v) is 3.12. The van der Waals surface area contributed by atoms with Crippen LogP contribution in [0.3, 0.4) is 0 Å². The van der Waals surface area contributed by atoms with Gasteiger partial charge < -0.3 is 5.32 Å². The van der Waals surface area contributed by atoms with Gasteiger partial charge in [-0.1, -0.05) is 27.7 Å². The van der Waals surface area contributed by atoms with Gasteiger partial charge >= 0.3 is 0 Å². The van der Waals surface area contributed by atoms with Gasteiger partial charge in [0.05, 0.1) is 15.9 Å². The smallest absolute Gasteiger partial charge is 0.0738 e. The zero-order valence-electron chi connectivity index (χ0n) is 13.9. The Kier molecular flexibility index (Phi) is 6.73. The summed E-state index contributed by atoms with van der Waals surface area (Å²) < 4.78 is 3.18. The van der Waals surface area contributed by atoms with E-state index in [4.69, 9.17) is 0 Å². The van der Waals surface area contributed by atoms with E-state index in [1.54, 1.807) is 0 Å². The first-order valence-electron chi connectivity index (χ1n) is 7.68. The molecule has 4 heteroatoms. The molecular weight excluding hydrogens is 314 g/mol. The van der Waals surface area contributed by atoms with E-state index in [0.717, 1.165) is 18.7 Å². The molecule has 116 valence electrons. The standard InChI is InChI=1S/C16H30BrN3/c1-7-11-18-14(16(3,4)5)10-8-9-13-15(17)12(2)19-20(13)6/h14,18H,7-11H2,1-6H3. The Morgan fingerprint density at radius 1 is 1.35 bits per heavy atom. The Labute approximate surface area is 132 Å². The van der Waals surface area contributed by atoms with E-state index in [1.165, 1.54) is 29.4 Å². The quantitative estimate of drug-likeness (QED) is 0.802. The molecule has 3 nitrogen and oxygen atoms in total. The van der Waals surface area contributed by atoms with Crippen LogP contribution in [-0.4, -0.2) is 22.4 Å². The SMILES string of the molecule is CCCNC(CCCc1c(Br)c(C)nn1C)C(C)(C)C. The van der Waals surface area contributed by atoms with Crippen LogP contribution in [-0.2, 0) is 13.5 Å². The van der Waals surface area contributed by atoms with Crippen molar-refractivity contribution < 1.29 is 0 Å². The third-order valence-corrected chi connectivity index (χ3v) is 4.89. The van der Waals surface area contributed by atoms with E-state index in [9.17, 15) is 0 Å². The fraction of sp³-hybridized carbons (Fsp3) is 0.812. The van der Waals surface area contributed by atoms with Gasteiger partial charge in [-0.2, -0.15) is 5.10 Å². The number of halogens is 1. The summed E-state index contributed by atoms with van der Waals surface area (Å²) in [6.45, 7) is 12.4. The van der Waals surface area contributed by atoms with Gasteiger partial charge in [0.25, 0.3) is 0 Å². The molecule has 0 radical (unpaired) electrons. The molecule has 0 amide bonds. The predicted octanol–water partition coefficient (Wildman–Crippen LogP) is 4.23. The summed E-state index contributed by atoms with van der Waals surface area (Å²) in [5.74, 6) is 0. The number of aromatic nitrogens is 2. The number of aryl methyl sites for hydroxylation is 2. The fourth-order valence-electron chi connectivity index (χ4n) is 2.59. The molecule has 0 aromatic carbocycles. The number of nitrogens with one attached hydrogen (secondary N) is 1. The van der Waals surface area contributed by atoms with Crippen LogP contribution in [0, 0.1) is 12.3 Å². The third-order valence-electron chi connectivity index (χ3n) is 3.85. The van der Waals surface area contributed by atoms with E-state index >= 15 is 0 Å². The maximum atomic E-state index is 4.46. The molecule has 0 saturated carbocycles. The predicted molar refractivity (Wildman–Crippen MR) is 90.1 cm³/mol. The Hall–Kier alpha value is -0.350. The van der Waals surface area contributed by atoms with Gasteiger partial charge in [-0.15, -0.1) is 0 Å². The van der Waals surface area contributed by atoms with Gasteiger partial charge in [0.15, 0.2) is 0 Å². The minimum absolute atomic E-state index is 0.314. The number of hydrogen-bond acceptors (Lipinski definition) is 2. The molecule has 20 heavy (non-hydrogen) atoms. The normalized spacial score (nSPS) is 13.8. The molecule has 1 aromatic heterocycles. The van der Waals surface area contributed by atoms with Crippen molar-refractivity contribution in [3.05, 3.63) is 15.9 Å². The second-order valence-corrected chi connectivity index (χ2v) is 7.53. The number of hydrogen-bond donors (Lipinski definition) is 1. The molecule has 1 unspecified atom stereocenters. The van der Waals surface area contributed by atoms with Crippen molar-refractivity contribution in [1.82, 2.24) is 15.1 Å². The summed E-state index contributed by atoms with van der Waals surface area (Å²) in [6.07, 6.45) is 4.67. The molecular formula is C16H30BrN3. The van der Waals surface area contributed by atoms with Crippen LogP contribution in [0.2, 0.25) is 0 Å². The largest absolute Gasteiger partial charge is 0.313 e. The third kappa shape index (κ3) is 4.88. The monoisotopic (exact) mass is 343 g/mol. The summed E-state index contributed by atoms with van der Waals surface area (Å²) in [5.41, 5.74) is 2.71. The summed E-state index contributed by atoms with van der Waals surface area (Å²) in [7, 11) is 2.03. The molecule has 1 rings (SSSR count). The lowest BCUT2D eigenvalue weighted by molar-refractivity contribution is 0.251. The van der Waals surface area contributed by atoms with Crippen molar-refractivity contribution in [3.8, 4) is 0 Å². The van der Waals surface area contributed by atoms with Crippen LogP contribution in [0.1, 0.15) is 58.3 Å². The lowest BCUT2D eigenvalue weighted by Gasteiger charge is -2.32. The van der Waals surface area contributed by atoms with Gasteiger partial charge in [-0.05, 0) is 60.5 Å². The maximum absolute atomic E-state index is 4.46. The summed E-state index contributed by atoms with van der Waals surface area (Å²) >= 11 is 3.65. The first kappa shape index (κ1) is 17.7. The minimum Gasteiger partial charge on any atom is -0.313 e. The molecule has 0 spiro atoms. The van der Waals surface area contributed by atoms with Crippen LogP contribution in [0.25, 0.3) is 0 Å². The second-order valence-electron chi connectivity index (χ2n) is 6.73. The van der Waals surface area contributed by atoms with Crippen molar-refractivity contribution in [2.45, 2.75) is 66.3 Å². The Morgan fingerprint density at radius 3 is 2.45 bits per heavy atom. The summed E-state index contributed by atoms with van der Waals surface area (Å²) in [5, 5.41) is 8.16. The highest BCUT2D eigenvalue weighted by molar-refractivity contribution is 9.10. The van der Waals surface area contributed by atoms with E-state index in [2.05, 4.69) is 54.0 Å². The Bertz CT molecular complexity index is 418. The molecule has 0 fully saturated rings. The van der Waals surface area contributed by atoms with Gasteiger partial charge in [0.1, 0.15) is 0 Å². The van der Waals surface area contributed by atoms with E-state index in [1.807, 2.05) is 18.7 Å². The average molecular weight is 344 g/mol. The molecule has 0 bridgehead atoms. The van der Waals surface area contributed by atoms with Crippen molar-refractivity contribution in [2.24, 2.45) is 12.5 Å². The van der Waals surface area contributed by atoms with Crippen molar-refractivity contribution >= 4 is 15.9 Å². The van der Waals surface area contributed by atoms with Gasteiger partial charge in [-0.3, -0.25) is 4.68 Å². The first-order valence-corrected chi connectivity index (χ1v) is 8.48. The van der Waals surface area contributed by atoms with Crippen LogP contribution < -0.4 is 5.32 Å². The van der Waals surface area contributed by atoms with Gasteiger partial charge in [-0.25, -0.2) is 0 Å². The zero-order chi connectivity index (χ0) is 15.3. The minimum atomic E-state index is 0.314. The van der Waals surface area contributed by atoms with Crippen molar-refractivity contribution in [1.29, 1.82) is 0 Å². The highest BCUT2D eigenvalue weighted by Gasteiger charge is 2.23. The average Bonchev–Trinajstić information content (AvgIpc) is 2.57. The van der Waals surface area contributed by atoms with E-state index in [-0.39, 0.29) is 0 Å². The highest BCUT2D eigenvalue weighted by atomic mass is 79.9. The maximum Gasteiger partial charge on any atom is 0.0738 e. The Morgan fingerprint density at radius 2 is 2.00 bits per heavy atom. The molecule has 0 saturated heterocycles. The van der Waals surface area contributed by atoms with E-state index < -0.39 is 0 Å². The molecule has 0 aliphatic heterocycles. The van der Waals surface area contributed by atoms with E-state index in [0.29, 0.717) is 11.5 Å². The molecule has 0 aliphatic carbocycles. The second kappa shape index (κ2) is 7.60. The first-order chi connectivity index (χ1) is 9.27. The van der Waals surface area contributed by atoms with Crippen molar-refractivity contribution in [3.63, 3.8) is 0 Å². The van der Waals surface area contributed by atoms with Gasteiger partial charge in [0, 0.05) is 13.1 Å². The molecule has 1 atom stereocenters.